The minimum atomic E-state index is -1.66. The van der Waals surface area contributed by atoms with Gasteiger partial charge in [0, 0.05) is 6.07 Å². The van der Waals surface area contributed by atoms with E-state index < -0.39 is 39.4 Å². The fraction of sp³-hybridized carbons (Fsp3) is 0.146. The molecule has 0 radical (unpaired) electrons. The van der Waals surface area contributed by atoms with Crippen LogP contribution in [0.2, 0.25) is 0 Å². The molecule has 1 heterocycles. The van der Waals surface area contributed by atoms with Gasteiger partial charge in [0.1, 0.15) is 17.2 Å². The van der Waals surface area contributed by atoms with Crippen LogP contribution in [0, 0.1) is 22.0 Å². The first-order valence-corrected chi connectivity index (χ1v) is 16.1. The van der Waals surface area contributed by atoms with Crippen molar-refractivity contribution in [3.05, 3.63) is 166 Å². The second-order valence-electron chi connectivity index (χ2n) is 12.6. The molecule has 2 aliphatic carbocycles. The summed E-state index contributed by atoms with van der Waals surface area (Å²) in [5.41, 5.74) is -0.173. The molecule has 8 rings (SSSR count). The predicted molar refractivity (Wildman–Crippen MR) is 187 cm³/mol. The van der Waals surface area contributed by atoms with Gasteiger partial charge in [-0.3, -0.25) is 24.5 Å². The Hall–Kier alpha value is -6.35. The van der Waals surface area contributed by atoms with E-state index >= 15 is 14.4 Å². The predicted octanol–water partition coefficient (Wildman–Crippen LogP) is 6.80. The lowest BCUT2D eigenvalue weighted by molar-refractivity contribution is -0.384. The maximum atomic E-state index is 16.0. The summed E-state index contributed by atoms with van der Waals surface area (Å²) in [4.78, 5) is 58.9. The number of fused-ring (bicyclic) bond motifs is 5. The largest absolute Gasteiger partial charge is 0.497 e. The quantitative estimate of drug-likeness (QED) is 0.102. The molecule has 5 aromatic carbocycles. The lowest BCUT2D eigenvalue weighted by Crippen LogP contribution is -2.45. The van der Waals surface area contributed by atoms with Gasteiger partial charge in [-0.2, -0.15) is 0 Å². The van der Waals surface area contributed by atoms with Gasteiger partial charge in [0.15, 0.2) is 5.78 Å². The Morgan fingerprint density at radius 2 is 0.980 bits per heavy atom. The minimum Gasteiger partial charge on any atom is -0.497 e. The lowest BCUT2D eigenvalue weighted by atomic mass is 9.59. The monoisotopic (exact) mass is 662 g/mol. The second-order valence-corrected chi connectivity index (χ2v) is 12.6. The zero-order valence-electron chi connectivity index (χ0n) is 27.1. The molecule has 2 bridgehead atoms. The third-order valence-electron chi connectivity index (χ3n) is 10.5. The molecule has 0 N–H and O–H groups in total. The molecule has 0 aromatic heterocycles. The van der Waals surface area contributed by atoms with Gasteiger partial charge in [-0.15, -0.1) is 0 Å². The Kier molecular flexibility index (Phi) is 7.04. The van der Waals surface area contributed by atoms with E-state index in [1.54, 1.807) is 44.6 Å². The Balaban J connectivity index is 1.54. The van der Waals surface area contributed by atoms with Crippen molar-refractivity contribution < 1.29 is 28.8 Å². The molecule has 9 heteroatoms. The zero-order valence-corrected chi connectivity index (χ0v) is 27.1. The molecule has 246 valence electrons. The molecular formula is C41H30N2O7. The summed E-state index contributed by atoms with van der Waals surface area (Å²) < 4.78 is 11.0. The van der Waals surface area contributed by atoms with Gasteiger partial charge >= 0.3 is 0 Å². The van der Waals surface area contributed by atoms with Gasteiger partial charge in [0.2, 0.25) is 11.8 Å². The van der Waals surface area contributed by atoms with Crippen LogP contribution in [0.25, 0.3) is 11.1 Å². The summed E-state index contributed by atoms with van der Waals surface area (Å²) >= 11 is 0. The molecule has 2 amide bonds. The number of carbonyl (C=O) groups is 3. The Labute approximate surface area is 287 Å². The highest BCUT2D eigenvalue weighted by molar-refractivity contribution is 6.39. The fourth-order valence-corrected chi connectivity index (χ4v) is 8.68. The molecule has 5 aromatic rings. The van der Waals surface area contributed by atoms with Gasteiger partial charge in [-0.25, -0.2) is 4.90 Å². The fourth-order valence-electron chi connectivity index (χ4n) is 8.68. The van der Waals surface area contributed by atoms with E-state index in [0.717, 1.165) is 4.90 Å². The highest BCUT2D eigenvalue weighted by Gasteiger charge is 2.83. The van der Waals surface area contributed by atoms with Crippen LogP contribution in [0.15, 0.2) is 133 Å². The highest BCUT2D eigenvalue weighted by atomic mass is 16.6. The number of imide groups is 1. The SMILES string of the molecule is COc1ccc(C2=C(c3ccc(OC)cc3)[C@]3(c4ccccc4)C(=O)[C@]2(c2ccccc2)[C@@H]2C(=O)N(c4ccccc4[N+](=O)[O-])C(=O)[C@@H]23)cc1. The second kappa shape index (κ2) is 11.4. The number of para-hydroxylation sites is 2. The third kappa shape index (κ3) is 3.91. The molecule has 2 fully saturated rings. The Morgan fingerprint density at radius 1 is 0.580 bits per heavy atom. The van der Waals surface area contributed by atoms with Crippen molar-refractivity contribution in [3.63, 3.8) is 0 Å². The molecule has 1 aliphatic heterocycles. The molecule has 3 aliphatic rings. The van der Waals surface area contributed by atoms with E-state index in [2.05, 4.69) is 0 Å². The van der Waals surface area contributed by atoms with Gasteiger partial charge in [0.05, 0.1) is 41.8 Å². The Bertz CT molecular complexity index is 2100. The first kappa shape index (κ1) is 31.0. The van der Waals surface area contributed by atoms with Crippen LogP contribution in [0.1, 0.15) is 22.3 Å². The number of nitro benzene ring substituents is 1. The standard InChI is InChI=1S/C41H30N2O7/c1-49-29-21-17-25(18-22-29)33-34(26-19-23-30(50-2)24-20-26)41(28-13-7-4-8-14-28)36-35(40(33,39(41)46)27-11-5-3-6-12-27)37(44)42(38(36)45)31-15-9-10-16-32(31)43(47)48/h3-24,35-36H,1-2H3/t35-,36+,40-,41-/m0/s1. The highest BCUT2D eigenvalue weighted by Crippen LogP contribution is 2.74. The zero-order chi connectivity index (χ0) is 34.8. The van der Waals surface area contributed by atoms with Gasteiger partial charge in [-0.1, -0.05) is 97.1 Å². The number of rotatable bonds is 8. The number of allylic oxidation sites excluding steroid dienone is 2. The van der Waals surface area contributed by atoms with Crippen molar-refractivity contribution in [2.75, 3.05) is 19.1 Å². The average Bonchev–Trinajstić information content (AvgIpc) is 3.67. The van der Waals surface area contributed by atoms with Crippen LogP contribution in [0.5, 0.6) is 11.5 Å². The van der Waals surface area contributed by atoms with Gasteiger partial charge in [-0.05, 0) is 63.7 Å². The van der Waals surface area contributed by atoms with E-state index in [1.165, 1.54) is 18.2 Å². The van der Waals surface area contributed by atoms with E-state index in [-0.39, 0.29) is 17.2 Å². The third-order valence-corrected chi connectivity index (χ3v) is 10.5. The number of anilines is 1. The smallest absolute Gasteiger partial charge is 0.293 e. The first-order chi connectivity index (χ1) is 24.3. The van der Waals surface area contributed by atoms with Crippen LogP contribution >= 0.6 is 0 Å². The van der Waals surface area contributed by atoms with E-state index in [1.807, 2.05) is 84.9 Å². The molecule has 9 nitrogen and oxygen atoms in total. The van der Waals surface area contributed by atoms with Crippen molar-refractivity contribution in [2.45, 2.75) is 10.8 Å². The van der Waals surface area contributed by atoms with E-state index in [9.17, 15) is 10.1 Å². The van der Waals surface area contributed by atoms with Gasteiger partial charge in [0.25, 0.3) is 5.69 Å². The Morgan fingerprint density at radius 3 is 1.38 bits per heavy atom. The maximum absolute atomic E-state index is 16.0. The van der Waals surface area contributed by atoms with Crippen LogP contribution in [0.3, 0.4) is 0 Å². The maximum Gasteiger partial charge on any atom is 0.293 e. The molecule has 0 unspecified atom stereocenters. The number of hydrogen-bond donors (Lipinski definition) is 0. The van der Waals surface area contributed by atoms with Crippen LogP contribution in [-0.2, 0) is 25.2 Å². The number of ketones is 1. The normalized spacial score (nSPS) is 23.7. The van der Waals surface area contributed by atoms with Crippen molar-refractivity contribution in [3.8, 4) is 11.5 Å². The van der Waals surface area contributed by atoms with Crippen molar-refractivity contribution in [2.24, 2.45) is 11.8 Å². The number of nitro groups is 1. The number of benzene rings is 5. The number of hydrogen-bond acceptors (Lipinski definition) is 7. The topological polar surface area (TPSA) is 116 Å². The van der Waals surface area contributed by atoms with E-state index in [4.69, 9.17) is 9.47 Å². The number of amides is 2. The number of nitrogens with zero attached hydrogens (tertiary/aromatic N) is 2. The summed E-state index contributed by atoms with van der Waals surface area (Å²) in [5.74, 6) is -2.85. The number of carbonyl (C=O) groups excluding carboxylic acids is 3. The number of Topliss-reactive ketones (excluding diaryl/α,β-unsaturated/α-hetero) is 1. The number of ether oxygens (including phenoxy) is 2. The first-order valence-electron chi connectivity index (χ1n) is 16.1. The molecular weight excluding hydrogens is 632 g/mol. The van der Waals surface area contributed by atoms with Crippen LogP contribution in [-0.4, -0.2) is 36.7 Å². The number of methoxy groups -OCH3 is 2. The molecule has 1 saturated heterocycles. The average molecular weight is 663 g/mol. The van der Waals surface area contributed by atoms with Crippen LogP contribution < -0.4 is 14.4 Å². The van der Waals surface area contributed by atoms with Crippen molar-refractivity contribution >= 4 is 40.1 Å². The molecule has 50 heavy (non-hydrogen) atoms. The lowest BCUT2D eigenvalue weighted by Gasteiger charge is -2.39. The molecule has 4 atom stereocenters. The molecule has 0 spiro atoms. The minimum absolute atomic E-state index is 0.128. The summed E-state index contributed by atoms with van der Waals surface area (Å²) in [7, 11) is 3.14. The summed E-state index contributed by atoms with van der Waals surface area (Å²) in [6, 6.07) is 38.6. The summed E-state index contributed by atoms with van der Waals surface area (Å²) in [6.07, 6.45) is 0. The summed E-state index contributed by atoms with van der Waals surface area (Å²) in [5, 5.41) is 12.3. The molecule has 1 saturated carbocycles. The van der Waals surface area contributed by atoms with Gasteiger partial charge < -0.3 is 9.47 Å². The van der Waals surface area contributed by atoms with Crippen molar-refractivity contribution in [1.82, 2.24) is 0 Å². The van der Waals surface area contributed by atoms with E-state index in [0.29, 0.717) is 44.9 Å². The van der Waals surface area contributed by atoms with Crippen LogP contribution in [0.4, 0.5) is 11.4 Å². The van der Waals surface area contributed by atoms with Crippen molar-refractivity contribution in [1.29, 1.82) is 0 Å². The summed E-state index contributed by atoms with van der Waals surface area (Å²) in [6.45, 7) is 0.